The Labute approximate surface area is 121 Å². The van der Waals surface area contributed by atoms with Crippen molar-refractivity contribution < 1.29 is 4.79 Å². The molecule has 19 heavy (non-hydrogen) atoms. The average molecular weight is 283 g/mol. The highest BCUT2D eigenvalue weighted by atomic mass is 35.5. The molecule has 1 aromatic rings. The van der Waals surface area contributed by atoms with Crippen LogP contribution in [0.5, 0.6) is 0 Å². The highest BCUT2D eigenvalue weighted by Crippen LogP contribution is 2.21. The summed E-state index contributed by atoms with van der Waals surface area (Å²) >= 11 is 0. The molecule has 1 amide bonds. The maximum Gasteiger partial charge on any atom is 0.254 e. The van der Waals surface area contributed by atoms with Crippen molar-refractivity contribution in [3.05, 3.63) is 35.4 Å². The van der Waals surface area contributed by atoms with E-state index in [0.29, 0.717) is 5.92 Å². The maximum atomic E-state index is 12.4. The molecule has 106 valence electrons. The van der Waals surface area contributed by atoms with E-state index in [4.69, 9.17) is 5.73 Å². The van der Waals surface area contributed by atoms with Crippen LogP contribution in [0.15, 0.2) is 24.3 Å². The van der Waals surface area contributed by atoms with Crippen molar-refractivity contribution in [3.8, 4) is 0 Å². The van der Waals surface area contributed by atoms with E-state index in [2.05, 4.69) is 6.92 Å². The third-order valence-corrected chi connectivity index (χ3v) is 3.95. The number of benzene rings is 1. The number of halogens is 1. The average Bonchev–Trinajstić information content (AvgIpc) is 2.38. The molecule has 3 nitrogen and oxygen atoms in total. The van der Waals surface area contributed by atoms with E-state index in [1.54, 1.807) is 0 Å². The van der Waals surface area contributed by atoms with Gasteiger partial charge in [-0.05, 0) is 44.2 Å². The smallest absolute Gasteiger partial charge is 0.254 e. The third kappa shape index (κ3) is 3.71. The molecule has 1 aliphatic heterocycles. The van der Waals surface area contributed by atoms with Crippen molar-refractivity contribution in [2.45, 2.75) is 32.7 Å². The van der Waals surface area contributed by atoms with Crippen molar-refractivity contribution in [1.29, 1.82) is 0 Å². The van der Waals surface area contributed by atoms with Crippen LogP contribution < -0.4 is 5.73 Å². The number of hydrogen-bond donors (Lipinski definition) is 1. The minimum Gasteiger partial charge on any atom is -0.339 e. The molecule has 1 atom stereocenters. The molecule has 1 unspecified atom stereocenters. The highest BCUT2D eigenvalue weighted by molar-refractivity contribution is 5.95. The number of nitrogens with two attached hydrogens (primary N) is 1. The van der Waals surface area contributed by atoms with Crippen molar-refractivity contribution in [2.75, 3.05) is 13.1 Å². The minimum atomic E-state index is 0. The van der Waals surface area contributed by atoms with Crippen LogP contribution in [0.2, 0.25) is 0 Å². The third-order valence-electron chi connectivity index (χ3n) is 3.95. The number of carbonyl (C=O) groups is 1. The molecule has 4 heteroatoms. The van der Waals surface area contributed by atoms with Gasteiger partial charge < -0.3 is 10.6 Å². The SMILES string of the molecule is Cc1ccccc1C(=O)N1CCC(C(C)N)CC1.Cl. The number of amides is 1. The fraction of sp³-hybridized carbons (Fsp3) is 0.533. The first-order valence-electron chi connectivity index (χ1n) is 6.70. The number of piperidine rings is 1. The molecule has 1 heterocycles. The maximum absolute atomic E-state index is 12.4. The molecule has 0 saturated carbocycles. The number of carbonyl (C=O) groups excluding carboxylic acids is 1. The first-order chi connectivity index (χ1) is 8.59. The molecule has 0 bridgehead atoms. The van der Waals surface area contributed by atoms with Crippen LogP contribution in [0.25, 0.3) is 0 Å². The number of likely N-dealkylation sites (tertiary alicyclic amines) is 1. The zero-order valence-electron chi connectivity index (χ0n) is 11.6. The predicted octanol–water partition coefficient (Wildman–Crippen LogP) is 2.62. The molecule has 1 saturated heterocycles. The lowest BCUT2D eigenvalue weighted by Crippen LogP contribution is -2.42. The Hall–Kier alpha value is -1.06. The first-order valence-corrected chi connectivity index (χ1v) is 6.70. The van der Waals surface area contributed by atoms with Crippen molar-refractivity contribution in [2.24, 2.45) is 11.7 Å². The van der Waals surface area contributed by atoms with E-state index in [-0.39, 0.29) is 24.4 Å². The van der Waals surface area contributed by atoms with Gasteiger partial charge in [-0.3, -0.25) is 4.79 Å². The first kappa shape index (κ1) is 16.0. The number of rotatable bonds is 2. The van der Waals surface area contributed by atoms with Gasteiger partial charge in [0.15, 0.2) is 0 Å². The van der Waals surface area contributed by atoms with Crippen LogP contribution in [-0.2, 0) is 0 Å². The van der Waals surface area contributed by atoms with Crippen molar-refractivity contribution in [1.82, 2.24) is 4.90 Å². The Balaban J connectivity index is 0.00000180. The molecule has 0 aliphatic carbocycles. The Morgan fingerprint density at radius 1 is 1.32 bits per heavy atom. The summed E-state index contributed by atoms with van der Waals surface area (Å²) in [6.07, 6.45) is 2.05. The van der Waals surface area contributed by atoms with E-state index in [0.717, 1.165) is 37.1 Å². The number of nitrogens with zero attached hydrogens (tertiary/aromatic N) is 1. The summed E-state index contributed by atoms with van der Waals surface area (Å²) in [5, 5.41) is 0. The van der Waals surface area contributed by atoms with E-state index in [1.807, 2.05) is 36.1 Å². The lowest BCUT2D eigenvalue weighted by atomic mass is 9.90. The van der Waals surface area contributed by atoms with E-state index >= 15 is 0 Å². The molecule has 0 aromatic heterocycles. The van der Waals surface area contributed by atoms with Gasteiger partial charge in [-0.2, -0.15) is 0 Å². The summed E-state index contributed by atoms with van der Waals surface area (Å²) in [6.45, 7) is 5.71. The Kier molecular flexibility index (Phi) is 5.83. The zero-order valence-corrected chi connectivity index (χ0v) is 12.5. The summed E-state index contributed by atoms with van der Waals surface area (Å²) in [5.74, 6) is 0.724. The lowest BCUT2D eigenvalue weighted by molar-refractivity contribution is 0.0680. The quantitative estimate of drug-likeness (QED) is 0.906. The van der Waals surface area contributed by atoms with Gasteiger partial charge in [0.05, 0.1) is 0 Å². The number of aryl methyl sites for hydroxylation is 1. The molecular formula is C15H23ClN2O. The molecule has 0 radical (unpaired) electrons. The van der Waals surface area contributed by atoms with E-state index < -0.39 is 0 Å². The molecule has 1 aromatic carbocycles. The number of hydrogen-bond acceptors (Lipinski definition) is 2. The van der Waals surface area contributed by atoms with Gasteiger partial charge in [0.25, 0.3) is 5.91 Å². The van der Waals surface area contributed by atoms with Crippen molar-refractivity contribution >= 4 is 18.3 Å². The van der Waals surface area contributed by atoms with Gasteiger partial charge in [-0.1, -0.05) is 18.2 Å². The fourth-order valence-corrected chi connectivity index (χ4v) is 2.61. The molecule has 0 spiro atoms. The fourth-order valence-electron chi connectivity index (χ4n) is 2.61. The van der Waals surface area contributed by atoms with Crippen LogP contribution >= 0.6 is 12.4 Å². The van der Waals surface area contributed by atoms with Gasteiger partial charge in [0.1, 0.15) is 0 Å². The highest BCUT2D eigenvalue weighted by Gasteiger charge is 2.25. The molecule has 2 rings (SSSR count). The van der Waals surface area contributed by atoms with Crippen molar-refractivity contribution in [3.63, 3.8) is 0 Å². The zero-order chi connectivity index (χ0) is 13.1. The summed E-state index contributed by atoms with van der Waals surface area (Å²) in [4.78, 5) is 14.4. The summed E-state index contributed by atoms with van der Waals surface area (Å²) in [6, 6.07) is 8.03. The van der Waals surface area contributed by atoms with Crippen LogP contribution in [-0.4, -0.2) is 29.9 Å². The van der Waals surface area contributed by atoms with E-state index in [9.17, 15) is 4.79 Å². The van der Waals surface area contributed by atoms with Gasteiger partial charge in [-0.25, -0.2) is 0 Å². The lowest BCUT2D eigenvalue weighted by Gasteiger charge is -2.34. The molecule has 1 fully saturated rings. The van der Waals surface area contributed by atoms with Gasteiger partial charge >= 0.3 is 0 Å². The molecular weight excluding hydrogens is 260 g/mol. The summed E-state index contributed by atoms with van der Waals surface area (Å²) in [5.41, 5.74) is 7.80. The minimum absolute atomic E-state index is 0. The second-order valence-corrected chi connectivity index (χ2v) is 5.30. The van der Waals surface area contributed by atoms with Crippen LogP contribution in [0.4, 0.5) is 0 Å². The van der Waals surface area contributed by atoms with Gasteiger partial charge in [0.2, 0.25) is 0 Å². The van der Waals surface area contributed by atoms with E-state index in [1.165, 1.54) is 0 Å². The monoisotopic (exact) mass is 282 g/mol. The standard InChI is InChI=1S/C15H22N2O.ClH/c1-11-5-3-4-6-14(11)15(18)17-9-7-13(8-10-17)12(2)16;/h3-6,12-13H,7-10,16H2,1-2H3;1H. The Bertz CT molecular complexity index is 426. The topological polar surface area (TPSA) is 46.3 Å². The summed E-state index contributed by atoms with van der Waals surface area (Å²) in [7, 11) is 0. The molecule has 2 N–H and O–H groups in total. The van der Waals surface area contributed by atoms with Crippen LogP contribution in [0.3, 0.4) is 0 Å². The summed E-state index contributed by atoms with van der Waals surface area (Å²) < 4.78 is 0. The second-order valence-electron chi connectivity index (χ2n) is 5.30. The Morgan fingerprint density at radius 3 is 2.42 bits per heavy atom. The van der Waals surface area contributed by atoms with Crippen LogP contribution in [0.1, 0.15) is 35.7 Å². The second kappa shape index (κ2) is 6.92. The normalized spacial score (nSPS) is 17.7. The molecule has 1 aliphatic rings. The Morgan fingerprint density at radius 2 is 1.89 bits per heavy atom. The predicted molar refractivity (Wildman–Crippen MR) is 80.7 cm³/mol. The largest absolute Gasteiger partial charge is 0.339 e. The van der Waals surface area contributed by atoms with Gasteiger partial charge in [-0.15, -0.1) is 12.4 Å². The van der Waals surface area contributed by atoms with Crippen LogP contribution in [0, 0.1) is 12.8 Å². The van der Waals surface area contributed by atoms with Gasteiger partial charge in [0, 0.05) is 24.7 Å².